The molecule has 2 aromatic carbocycles. The molecule has 0 radical (unpaired) electrons. The van der Waals surface area contributed by atoms with E-state index in [0.29, 0.717) is 22.6 Å². The van der Waals surface area contributed by atoms with Gasteiger partial charge < -0.3 is 10.1 Å². The molecule has 0 spiro atoms. The van der Waals surface area contributed by atoms with Gasteiger partial charge in [0.15, 0.2) is 5.13 Å². The van der Waals surface area contributed by atoms with E-state index in [1.165, 1.54) is 22.2 Å². The maximum Gasteiger partial charge on any atom is 0.261 e. The van der Waals surface area contributed by atoms with Crippen LogP contribution in [0.4, 0.5) is 5.13 Å². The minimum Gasteiger partial charge on any atom is -0.494 e. The van der Waals surface area contributed by atoms with E-state index < -0.39 is 0 Å². The summed E-state index contributed by atoms with van der Waals surface area (Å²) in [6.07, 6.45) is 1.39. The third-order valence-corrected chi connectivity index (χ3v) is 5.01. The molecule has 0 fully saturated rings. The number of nitrogens with one attached hydrogen (secondary N) is 1. The van der Waals surface area contributed by atoms with E-state index in [1.54, 1.807) is 18.2 Å². The van der Waals surface area contributed by atoms with Crippen LogP contribution in [0.1, 0.15) is 6.92 Å². The quantitative estimate of drug-likeness (QED) is 0.529. The summed E-state index contributed by atoms with van der Waals surface area (Å²) in [4.78, 5) is 33.6. The van der Waals surface area contributed by atoms with E-state index in [-0.39, 0.29) is 18.0 Å². The van der Waals surface area contributed by atoms with Gasteiger partial charge in [-0.15, -0.1) is 11.3 Å². The van der Waals surface area contributed by atoms with Crippen molar-refractivity contribution in [3.63, 3.8) is 0 Å². The van der Waals surface area contributed by atoms with Gasteiger partial charge >= 0.3 is 0 Å². The number of anilines is 1. The molecule has 146 valence electrons. The van der Waals surface area contributed by atoms with Crippen LogP contribution < -0.4 is 15.6 Å². The summed E-state index contributed by atoms with van der Waals surface area (Å²) in [5.41, 5.74) is 2.05. The van der Waals surface area contributed by atoms with E-state index in [4.69, 9.17) is 4.74 Å². The minimum absolute atomic E-state index is 0.130. The number of carbonyl (C=O) groups excluding carboxylic acids is 1. The highest BCUT2D eigenvalue weighted by molar-refractivity contribution is 7.14. The van der Waals surface area contributed by atoms with Crippen LogP contribution in [0.25, 0.3) is 22.2 Å². The molecule has 2 aromatic heterocycles. The molecule has 8 heteroatoms. The van der Waals surface area contributed by atoms with Crippen molar-refractivity contribution in [3.8, 4) is 17.0 Å². The van der Waals surface area contributed by atoms with Gasteiger partial charge in [0.1, 0.15) is 12.3 Å². The lowest BCUT2D eigenvalue weighted by molar-refractivity contribution is -0.116. The number of hydrogen-bond donors (Lipinski definition) is 1. The average Bonchev–Trinajstić information content (AvgIpc) is 3.19. The van der Waals surface area contributed by atoms with Crippen molar-refractivity contribution >= 4 is 33.3 Å². The van der Waals surface area contributed by atoms with Gasteiger partial charge in [-0.05, 0) is 43.3 Å². The second-order valence-corrected chi connectivity index (χ2v) is 7.10. The highest BCUT2D eigenvalue weighted by Crippen LogP contribution is 2.26. The number of amides is 1. The van der Waals surface area contributed by atoms with Crippen LogP contribution >= 0.6 is 11.3 Å². The van der Waals surface area contributed by atoms with Crippen molar-refractivity contribution in [3.05, 3.63) is 70.6 Å². The molecule has 0 bridgehead atoms. The number of ether oxygens (including phenoxy) is 1. The molecular formula is C21H18N4O3S. The maximum absolute atomic E-state index is 12.5. The lowest BCUT2D eigenvalue weighted by Gasteiger charge is -2.06. The van der Waals surface area contributed by atoms with Gasteiger partial charge in [-0.3, -0.25) is 14.2 Å². The van der Waals surface area contributed by atoms with Gasteiger partial charge in [-0.25, -0.2) is 9.97 Å². The van der Waals surface area contributed by atoms with Crippen LogP contribution in [-0.2, 0) is 11.3 Å². The minimum atomic E-state index is -0.336. The molecule has 0 aliphatic rings. The van der Waals surface area contributed by atoms with E-state index in [9.17, 15) is 9.59 Å². The molecule has 4 rings (SSSR count). The Morgan fingerprint density at radius 2 is 1.97 bits per heavy atom. The first kappa shape index (κ1) is 18.8. The number of benzene rings is 2. The van der Waals surface area contributed by atoms with Crippen molar-refractivity contribution < 1.29 is 9.53 Å². The van der Waals surface area contributed by atoms with Crippen molar-refractivity contribution in [2.24, 2.45) is 0 Å². The van der Waals surface area contributed by atoms with Gasteiger partial charge in [0.05, 0.1) is 29.5 Å². The first-order valence-corrected chi connectivity index (χ1v) is 9.95. The second kappa shape index (κ2) is 8.24. The number of nitrogens with zero attached hydrogens (tertiary/aromatic N) is 3. The number of carbonyl (C=O) groups is 1. The van der Waals surface area contributed by atoms with Crippen LogP contribution in [0.5, 0.6) is 5.75 Å². The fraction of sp³-hybridized carbons (Fsp3) is 0.143. The lowest BCUT2D eigenvalue weighted by atomic mass is 10.2. The van der Waals surface area contributed by atoms with E-state index in [1.807, 2.05) is 42.6 Å². The fourth-order valence-electron chi connectivity index (χ4n) is 2.88. The van der Waals surface area contributed by atoms with Crippen LogP contribution in [0.2, 0.25) is 0 Å². The lowest BCUT2D eigenvalue weighted by Crippen LogP contribution is -2.27. The summed E-state index contributed by atoms with van der Waals surface area (Å²) in [5.74, 6) is 0.464. The van der Waals surface area contributed by atoms with E-state index in [0.717, 1.165) is 17.0 Å². The molecular weight excluding hydrogens is 388 g/mol. The number of rotatable bonds is 6. The summed E-state index contributed by atoms with van der Waals surface area (Å²) in [5, 5.41) is 5.57. The molecule has 29 heavy (non-hydrogen) atoms. The van der Waals surface area contributed by atoms with Gasteiger partial charge in [0, 0.05) is 10.9 Å². The Balaban J connectivity index is 1.45. The number of fused-ring (bicyclic) bond motifs is 1. The normalized spacial score (nSPS) is 10.8. The molecule has 0 aliphatic heterocycles. The van der Waals surface area contributed by atoms with Crippen LogP contribution in [0.3, 0.4) is 0 Å². The van der Waals surface area contributed by atoms with Crippen molar-refractivity contribution in [2.75, 3.05) is 11.9 Å². The molecule has 0 unspecified atom stereocenters. The number of hydrogen-bond acceptors (Lipinski definition) is 6. The highest BCUT2D eigenvalue weighted by atomic mass is 32.1. The Morgan fingerprint density at radius 1 is 1.17 bits per heavy atom. The molecule has 1 N–H and O–H groups in total. The number of thiazole rings is 1. The summed E-state index contributed by atoms with van der Waals surface area (Å²) in [7, 11) is 0. The smallest absolute Gasteiger partial charge is 0.261 e. The van der Waals surface area contributed by atoms with Gasteiger partial charge in [-0.1, -0.05) is 12.1 Å². The van der Waals surface area contributed by atoms with E-state index >= 15 is 0 Å². The maximum atomic E-state index is 12.5. The monoisotopic (exact) mass is 406 g/mol. The zero-order valence-corrected chi connectivity index (χ0v) is 16.5. The first-order valence-electron chi connectivity index (χ1n) is 9.07. The topological polar surface area (TPSA) is 86.1 Å². The molecule has 0 saturated carbocycles. The van der Waals surface area contributed by atoms with Crippen LogP contribution in [-0.4, -0.2) is 27.0 Å². The number of para-hydroxylation sites is 1. The van der Waals surface area contributed by atoms with Crippen molar-refractivity contribution in [2.45, 2.75) is 13.5 Å². The van der Waals surface area contributed by atoms with Gasteiger partial charge in [-0.2, -0.15) is 0 Å². The third kappa shape index (κ3) is 4.17. The Bertz CT molecular complexity index is 1210. The Labute approximate surface area is 170 Å². The molecule has 1 amide bonds. The highest BCUT2D eigenvalue weighted by Gasteiger charge is 2.11. The van der Waals surface area contributed by atoms with Gasteiger partial charge in [0.2, 0.25) is 5.91 Å². The SMILES string of the molecule is CCOc1ccc(-c2csc(NC(=O)Cn3cnc4ccccc4c3=O)n2)cc1. The Hall–Kier alpha value is -3.52. The van der Waals surface area contributed by atoms with Crippen LogP contribution in [0, 0.1) is 0 Å². The average molecular weight is 406 g/mol. The fourth-order valence-corrected chi connectivity index (χ4v) is 3.62. The first-order chi connectivity index (χ1) is 14.1. The third-order valence-electron chi connectivity index (χ3n) is 4.26. The van der Waals surface area contributed by atoms with Crippen LogP contribution in [0.15, 0.2) is 65.0 Å². The number of aromatic nitrogens is 3. The molecule has 0 saturated heterocycles. The molecule has 2 heterocycles. The Kier molecular flexibility index (Phi) is 5.35. The van der Waals surface area contributed by atoms with E-state index in [2.05, 4.69) is 15.3 Å². The zero-order chi connectivity index (χ0) is 20.2. The Morgan fingerprint density at radius 3 is 2.76 bits per heavy atom. The largest absolute Gasteiger partial charge is 0.494 e. The zero-order valence-electron chi connectivity index (χ0n) is 15.7. The summed E-state index contributed by atoms with van der Waals surface area (Å²) in [6, 6.07) is 14.7. The predicted molar refractivity (Wildman–Crippen MR) is 113 cm³/mol. The summed E-state index contributed by atoms with van der Waals surface area (Å²) < 4.78 is 6.73. The molecule has 7 nitrogen and oxygen atoms in total. The second-order valence-electron chi connectivity index (χ2n) is 6.24. The standard InChI is InChI=1S/C21H18N4O3S/c1-2-28-15-9-7-14(8-10-15)18-12-29-21(23-18)24-19(26)11-25-13-22-17-6-4-3-5-16(17)20(25)27/h3-10,12-13H,2,11H2,1H3,(H,23,24,26). The van der Waals surface area contributed by atoms with Gasteiger partial charge in [0.25, 0.3) is 5.56 Å². The molecule has 4 aromatic rings. The van der Waals surface area contributed by atoms with Crippen molar-refractivity contribution in [1.29, 1.82) is 0 Å². The molecule has 0 atom stereocenters. The summed E-state index contributed by atoms with van der Waals surface area (Å²) >= 11 is 1.33. The van der Waals surface area contributed by atoms with Crippen molar-refractivity contribution in [1.82, 2.24) is 14.5 Å². The predicted octanol–water partition coefficient (Wildman–Crippen LogP) is 3.56. The molecule has 0 aliphatic carbocycles. The summed E-state index contributed by atoms with van der Waals surface area (Å²) in [6.45, 7) is 2.42.